The molecule has 1 saturated carbocycles. The second-order valence-electron chi connectivity index (χ2n) is 4.43. The van der Waals surface area contributed by atoms with E-state index >= 15 is 0 Å². The number of carboxylic acid groups (broad SMARTS) is 1. The molecule has 0 aromatic carbocycles. The summed E-state index contributed by atoms with van der Waals surface area (Å²) in [7, 11) is -3.49. The number of aliphatic carboxylic acids is 1. The summed E-state index contributed by atoms with van der Waals surface area (Å²) < 4.78 is 25.5. The quantitative estimate of drug-likeness (QED) is 0.777. The van der Waals surface area contributed by atoms with Crippen molar-refractivity contribution in [3.8, 4) is 0 Å². The summed E-state index contributed by atoms with van der Waals surface area (Å²) in [4.78, 5) is 11.4. The van der Waals surface area contributed by atoms with E-state index in [1.807, 2.05) is 0 Å². The summed E-state index contributed by atoms with van der Waals surface area (Å²) in [5.74, 6) is -1.31. The van der Waals surface area contributed by atoms with Gasteiger partial charge in [-0.3, -0.25) is 4.79 Å². The van der Waals surface area contributed by atoms with Crippen molar-refractivity contribution < 1.29 is 18.3 Å². The molecule has 0 aromatic rings. The van der Waals surface area contributed by atoms with E-state index in [0.717, 1.165) is 19.3 Å². The number of hydrogen-bond donors (Lipinski definition) is 2. The average Bonchev–Trinajstić information content (AvgIpc) is 2.21. The summed E-state index contributed by atoms with van der Waals surface area (Å²) >= 11 is 0. The van der Waals surface area contributed by atoms with Crippen LogP contribution in [0.2, 0.25) is 0 Å². The zero-order valence-electron chi connectivity index (χ0n) is 9.69. The highest BCUT2D eigenvalue weighted by molar-refractivity contribution is 7.89. The first kappa shape index (κ1) is 13.4. The lowest BCUT2D eigenvalue weighted by Gasteiger charge is -2.39. The van der Waals surface area contributed by atoms with Crippen LogP contribution < -0.4 is 4.72 Å². The minimum atomic E-state index is -3.49. The fourth-order valence-electron chi connectivity index (χ4n) is 2.21. The van der Waals surface area contributed by atoms with Gasteiger partial charge >= 0.3 is 5.97 Å². The van der Waals surface area contributed by atoms with E-state index in [0.29, 0.717) is 6.42 Å². The smallest absolute Gasteiger partial charge is 0.325 e. The predicted octanol–water partition coefficient (Wildman–Crippen LogP) is 0.959. The van der Waals surface area contributed by atoms with Gasteiger partial charge in [-0.15, -0.1) is 0 Å². The van der Waals surface area contributed by atoms with Crippen LogP contribution in [0.3, 0.4) is 0 Å². The highest BCUT2D eigenvalue weighted by Gasteiger charge is 2.47. The van der Waals surface area contributed by atoms with Crippen molar-refractivity contribution in [1.29, 1.82) is 0 Å². The van der Waals surface area contributed by atoms with Crippen LogP contribution in [0.4, 0.5) is 0 Å². The van der Waals surface area contributed by atoms with Crippen LogP contribution in [0.15, 0.2) is 0 Å². The second-order valence-corrected chi connectivity index (χ2v) is 6.44. The molecule has 1 rings (SSSR count). The molecule has 1 aliphatic rings. The summed E-state index contributed by atoms with van der Waals surface area (Å²) in [6, 6.07) is 0. The molecule has 0 amide bonds. The van der Waals surface area contributed by atoms with Crippen LogP contribution in [-0.4, -0.2) is 30.8 Å². The van der Waals surface area contributed by atoms with Crippen molar-refractivity contribution in [2.75, 3.05) is 5.75 Å². The molecular weight excluding hydrogens is 230 g/mol. The first-order valence-electron chi connectivity index (χ1n) is 5.59. The molecule has 1 fully saturated rings. The first-order valence-corrected chi connectivity index (χ1v) is 7.24. The maximum atomic E-state index is 11.5. The highest BCUT2D eigenvalue weighted by Crippen LogP contribution is 2.34. The standard InChI is InChI=1S/C10H19NO4S/c1-3-16(14,15)11-10(9(12)13)7-5-4-6-8(10)2/h8,11H,3-7H2,1-2H3,(H,12,13). The van der Waals surface area contributed by atoms with Gasteiger partial charge in [0.1, 0.15) is 5.54 Å². The monoisotopic (exact) mass is 249 g/mol. The molecule has 0 aliphatic heterocycles. The van der Waals surface area contributed by atoms with E-state index in [2.05, 4.69) is 4.72 Å². The van der Waals surface area contributed by atoms with Crippen LogP contribution in [0.1, 0.15) is 39.5 Å². The van der Waals surface area contributed by atoms with E-state index < -0.39 is 21.5 Å². The van der Waals surface area contributed by atoms with Gasteiger partial charge in [-0.2, -0.15) is 4.72 Å². The molecule has 0 aromatic heterocycles. The maximum Gasteiger partial charge on any atom is 0.325 e. The fourth-order valence-corrected chi connectivity index (χ4v) is 3.30. The van der Waals surface area contributed by atoms with E-state index in [1.165, 1.54) is 6.92 Å². The molecule has 1 aliphatic carbocycles. The van der Waals surface area contributed by atoms with Crippen molar-refractivity contribution >= 4 is 16.0 Å². The van der Waals surface area contributed by atoms with Gasteiger partial charge in [0.2, 0.25) is 10.0 Å². The number of carboxylic acids is 1. The molecule has 5 nitrogen and oxygen atoms in total. The largest absolute Gasteiger partial charge is 0.480 e. The van der Waals surface area contributed by atoms with Gasteiger partial charge in [0.05, 0.1) is 5.75 Å². The minimum absolute atomic E-state index is 0.0885. The Morgan fingerprint density at radius 1 is 1.50 bits per heavy atom. The summed E-state index contributed by atoms with van der Waals surface area (Å²) in [6.07, 6.45) is 2.84. The van der Waals surface area contributed by atoms with Gasteiger partial charge in [0.25, 0.3) is 0 Å². The van der Waals surface area contributed by atoms with Crippen LogP contribution in [0.25, 0.3) is 0 Å². The fraction of sp³-hybridized carbons (Fsp3) is 0.900. The Balaban J connectivity index is 3.01. The van der Waals surface area contributed by atoms with Crippen LogP contribution >= 0.6 is 0 Å². The van der Waals surface area contributed by atoms with Crippen LogP contribution in [0, 0.1) is 5.92 Å². The molecule has 0 radical (unpaired) electrons. The Bertz CT molecular complexity index is 365. The van der Waals surface area contributed by atoms with Crippen molar-refractivity contribution in [2.24, 2.45) is 5.92 Å². The lowest BCUT2D eigenvalue weighted by atomic mass is 9.74. The van der Waals surface area contributed by atoms with Crippen LogP contribution in [0.5, 0.6) is 0 Å². The molecule has 2 N–H and O–H groups in total. The maximum absolute atomic E-state index is 11.5. The lowest BCUT2D eigenvalue weighted by Crippen LogP contribution is -2.60. The van der Waals surface area contributed by atoms with Crippen molar-refractivity contribution in [2.45, 2.75) is 45.1 Å². The molecule has 6 heteroatoms. The third-order valence-corrected chi connectivity index (χ3v) is 4.83. The minimum Gasteiger partial charge on any atom is -0.480 e. The zero-order chi connectivity index (χ0) is 12.4. The third kappa shape index (κ3) is 2.55. The molecule has 0 saturated heterocycles. The van der Waals surface area contributed by atoms with E-state index in [4.69, 9.17) is 0 Å². The molecule has 0 heterocycles. The Hall–Kier alpha value is -0.620. The number of nitrogens with one attached hydrogen (secondary N) is 1. The second kappa shape index (κ2) is 4.71. The SMILES string of the molecule is CCS(=O)(=O)NC1(C(=O)O)CCCCC1C. The van der Waals surface area contributed by atoms with Gasteiger partial charge in [0, 0.05) is 0 Å². The Labute approximate surface area is 96.3 Å². The highest BCUT2D eigenvalue weighted by atomic mass is 32.2. The normalized spacial score (nSPS) is 31.2. The van der Waals surface area contributed by atoms with Crippen molar-refractivity contribution in [3.63, 3.8) is 0 Å². The third-order valence-electron chi connectivity index (χ3n) is 3.40. The summed E-state index contributed by atoms with van der Waals surface area (Å²) in [6.45, 7) is 3.30. The van der Waals surface area contributed by atoms with E-state index in [-0.39, 0.29) is 11.7 Å². The Morgan fingerprint density at radius 3 is 2.56 bits per heavy atom. The zero-order valence-corrected chi connectivity index (χ0v) is 10.5. The van der Waals surface area contributed by atoms with Crippen LogP contribution in [-0.2, 0) is 14.8 Å². The molecule has 16 heavy (non-hydrogen) atoms. The molecule has 2 unspecified atom stereocenters. The average molecular weight is 249 g/mol. The number of hydrogen-bond acceptors (Lipinski definition) is 3. The molecule has 2 atom stereocenters. The number of rotatable bonds is 4. The van der Waals surface area contributed by atoms with E-state index in [1.54, 1.807) is 6.92 Å². The predicted molar refractivity (Wildman–Crippen MR) is 60.6 cm³/mol. The number of sulfonamides is 1. The molecule has 0 bridgehead atoms. The van der Waals surface area contributed by atoms with Gasteiger partial charge in [-0.1, -0.05) is 19.8 Å². The summed E-state index contributed by atoms with van der Waals surface area (Å²) in [5.41, 5.74) is -1.30. The van der Waals surface area contributed by atoms with Gasteiger partial charge < -0.3 is 5.11 Å². The van der Waals surface area contributed by atoms with Gasteiger partial charge in [0.15, 0.2) is 0 Å². The first-order chi connectivity index (χ1) is 7.34. The van der Waals surface area contributed by atoms with Gasteiger partial charge in [-0.05, 0) is 25.7 Å². The molecule has 0 spiro atoms. The lowest BCUT2D eigenvalue weighted by molar-refractivity contribution is -0.147. The topological polar surface area (TPSA) is 83.5 Å². The molecular formula is C10H19NO4S. The number of carbonyl (C=O) groups is 1. The van der Waals surface area contributed by atoms with E-state index in [9.17, 15) is 18.3 Å². The van der Waals surface area contributed by atoms with Crippen molar-refractivity contribution in [1.82, 2.24) is 4.72 Å². The van der Waals surface area contributed by atoms with Gasteiger partial charge in [-0.25, -0.2) is 8.42 Å². The van der Waals surface area contributed by atoms with Crippen molar-refractivity contribution in [3.05, 3.63) is 0 Å². The Kier molecular flexibility index (Phi) is 3.96. The Morgan fingerprint density at radius 2 is 2.12 bits per heavy atom. The molecule has 94 valence electrons. The summed E-state index contributed by atoms with van der Waals surface area (Å²) in [5, 5.41) is 9.29.